The average Bonchev–Trinajstić information content (AvgIpc) is 1.61. The molecule has 8 aromatic heterocycles. The molecule has 109 heavy (non-hydrogen) atoms. The second-order valence-corrected chi connectivity index (χ2v) is 32.5. The third kappa shape index (κ3) is 13.3. The summed E-state index contributed by atoms with van der Waals surface area (Å²) in [5.74, 6) is 0. The number of nitrogens with zero attached hydrogens (tertiary/aromatic N) is 4. The molecule has 20 aromatic rings. The topological polar surface area (TPSA) is 15.5 Å². The van der Waals surface area contributed by atoms with Crippen LogP contribution in [0.4, 0.5) is 0 Å². The fourth-order valence-corrected chi connectivity index (χ4v) is 21.5. The molecule has 0 N–H and O–H groups in total. The van der Waals surface area contributed by atoms with Crippen molar-refractivity contribution in [3.8, 4) is 45.0 Å². The van der Waals surface area contributed by atoms with Crippen LogP contribution in [-0.2, 0) is 28.2 Å². The van der Waals surface area contributed by atoms with Gasteiger partial charge in [0, 0.05) is 93.4 Å². The summed E-state index contributed by atoms with van der Waals surface area (Å²) in [6, 6.07) is 83.8. The maximum absolute atomic E-state index is 8.25. The van der Waals surface area contributed by atoms with Gasteiger partial charge in [0.25, 0.3) is 0 Å². The van der Waals surface area contributed by atoms with E-state index < -0.39 is 13.7 Å². The Morgan fingerprint density at radius 3 is 1.06 bits per heavy atom. The monoisotopic (exact) mass is 1500 g/mol. The van der Waals surface area contributed by atoms with Crippen molar-refractivity contribution < 1.29 is 26.5 Å². The third-order valence-electron chi connectivity index (χ3n) is 21.1. The van der Waals surface area contributed by atoms with Gasteiger partial charge < -0.3 is 0 Å². The van der Waals surface area contributed by atoms with Gasteiger partial charge in [-0.25, -0.2) is 0 Å². The molecule has 8 heteroatoms. The number of hydrogen-bond donors (Lipinski definition) is 0. The summed E-state index contributed by atoms with van der Waals surface area (Å²) in [5, 5.41) is 20.1. The first-order valence-electron chi connectivity index (χ1n) is 38.7. The summed E-state index contributed by atoms with van der Waals surface area (Å²) >= 11 is 7.30. The van der Waals surface area contributed by atoms with Crippen LogP contribution in [-0.4, -0.2) is 0 Å². The van der Waals surface area contributed by atoms with Gasteiger partial charge in [-0.05, 0) is 176 Å². The lowest BCUT2D eigenvalue weighted by molar-refractivity contribution is -0.659. The van der Waals surface area contributed by atoms with Gasteiger partial charge in [0.1, 0.15) is 47.0 Å². The lowest BCUT2D eigenvalue weighted by Crippen LogP contribution is -2.31. The largest absolute Gasteiger partial charge is 0.230 e. The molecule has 0 saturated heterocycles. The van der Waals surface area contributed by atoms with E-state index in [0.717, 1.165) is 47.8 Å². The highest BCUT2D eigenvalue weighted by Gasteiger charge is 2.28. The summed E-state index contributed by atoms with van der Waals surface area (Å²) in [6.45, 7) is 10.6. The molecule has 0 bridgehead atoms. The number of hydrogen-bond acceptors (Lipinski definition) is 4. The maximum Gasteiger partial charge on any atom is 0.230 e. The number of thiophene rings is 4. The second kappa shape index (κ2) is 30.7. The summed E-state index contributed by atoms with van der Waals surface area (Å²) in [7, 11) is 8.31. The first-order valence-corrected chi connectivity index (χ1v) is 38.9. The smallest absolute Gasteiger partial charge is 0.200 e. The minimum Gasteiger partial charge on any atom is -0.200 e. The van der Waals surface area contributed by atoms with Crippen LogP contribution in [0.5, 0.6) is 0 Å². The van der Waals surface area contributed by atoms with Crippen LogP contribution >= 0.6 is 45.3 Å². The Morgan fingerprint density at radius 1 is 0.248 bits per heavy atom. The number of aryl methyl sites for hydroxylation is 13. The van der Waals surface area contributed by atoms with Crippen molar-refractivity contribution >= 4 is 169 Å². The molecule has 4 nitrogen and oxygen atoms in total. The van der Waals surface area contributed by atoms with Crippen molar-refractivity contribution in [3.05, 3.63) is 311 Å². The molecule has 542 valence electrons. The van der Waals surface area contributed by atoms with Crippen LogP contribution in [0.2, 0.25) is 0 Å². The maximum atomic E-state index is 8.25. The zero-order valence-electron chi connectivity index (χ0n) is 66.7. The molecule has 0 amide bonds. The van der Waals surface area contributed by atoms with E-state index in [-0.39, 0.29) is 29.7 Å². The molecule has 0 saturated carbocycles. The van der Waals surface area contributed by atoms with Gasteiger partial charge in [-0.2, -0.15) is 18.3 Å². The van der Waals surface area contributed by atoms with Crippen molar-refractivity contribution in [2.45, 2.75) is 91.9 Å². The zero-order valence-corrected chi connectivity index (χ0v) is 64.0. The molecule has 0 radical (unpaired) electrons. The highest BCUT2D eigenvalue weighted by Crippen LogP contribution is 2.48. The molecule has 0 unspecified atom stereocenters. The molecule has 0 aliphatic heterocycles. The minimum atomic E-state index is -2.28. The van der Waals surface area contributed by atoms with E-state index in [1.165, 1.54) is 160 Å². The van der Waals surface area contributed by atoms with E-state index >= 15 is 0 Å². The first kappa shape index (κ1) is 68.7. The van der Waals surface area contributed by atoms with Gasteiger partial charge in [-0.3, -0.25) is 0 Å². The summed E-state index contributed by atoms with van der Waals surface area (Å²) in [5.41, 5.74) is 19.0. The van der Waals surface area contributed by atoms with E-state index in [1.54, 1.807) is 29.7 Å². The normalized spacial score (nSPS) is 12.3. The van der Waals surface area contributed by atoms with Gasteiger partial charge >= 0.3 is 0 Å². The molecule has 20 rings (SSSR count). The predicted molar refractivity (Wildman–Crippen MR) is 483 cm³/mol. The molecular formula is C101H98N4S4+4. The van der Waals surface area contributed by atoms with Crippen LogP contribution in [0.1, 0.15) is 88.0 Å². The van der Waals surface area contributed by atoms with Gasteiger partial charge in [0.15, 0.2) is 24.8 Å². The molecule has 0 atom stereocenters. The van der Waals surface area contributed by atoms with Crippen LogP contribution in [0.15, 0.2) is 261 Å². The lowest BCUT2D eigenvalue weighted by Gasteiger charge is -2.08. The number of fused-ring (bicyclic) bond motifs is 20. The van der Waals surface area contributed by atoms with Gasteiger partial charge in [-0.1, -0.05) is 222 Å². The fourth-order valence-electron chi connectivity index (χ4n) is 16.2. The molecular weight excluding hydrogens is 1400 g/mol. The van der Waals surface area contributed by atoms with Crippen molar-refractivity contribution in [2.24, 2.45) is 28.2 Å². The Balaban J connectivity index is 0.000000133. The minimum absolute atomic E-state index is 0. The van der Waals surface area contributed by atoms with Crippen molar-refractivity contribution in [2.75, 3.05) is 0 Å². The standard InChI is InChI=1S/2C25H22NS.C24H20NS.C23H18NS.4CH4/c2*1-15-9-11-19(16(2)13-15)24-25-22(17(3)14-26(24)4)23-20-8-6-5-7-18(20)10-12-21(23)27-25;1-15-8-10-19-17(14-15)9-11-21-22(19)20-12-13-25(3)23(24(20)26-21)18-7-5-4-6-16(18)2;1-15-7-3-5-9-17(15)22-23-19(13-14-24(22)2)21-18-10-6-4-8-16(18)11-12-20(21)25-23;;;;/h2*5-14H,1-4H3;4-14H,1-3H3;3-14H,1-2H3;4*1H4/q4*+1;;;;/i1D3,3D3;;;;;;;. The Hall–Kier alpha value is -10.8. The number of pyridine rings is 4. The fraction of sp³-hybridized carbons (Fsp3) is 0.168. The molecule has 8 heterocycles. The van der Waals surface area contributed by atoms with Crippen LogP contribution in [0.3, 0.4) is 0 Å². The predicted octanol–water partition coefficient (Wildman–Crippen LogP) is 28.1. The van der Waals surface area contributed by atoms with Crippen molar-refractivity contribution in [1.82, 2.24) is 0 Å². The molecule has 0 fully saturated rings. The lowest BCUT2D eigenvalue weighted by atomic mass is 9.98. The average molecular weight is 1500 g/mol. The Morgan fingerprint density at radius 2 is 0.596 bits per heavy atom. The van der Waals surface area contributed by atoms with Gasteiger partial charge in [0.2, 0.25) is 22.8 Å². The Bertz CT molecular complexity index is 7220. The van der Waals surface area contributed by atoms with Crippen LogP contribution < -0.4 is 18.3 Å². The van der Waals surface area contributed by atoms with E-state index in [2.05, 4.69) is 289 Å². The van der Waals surface area contributed by atoms with Crippen molar-refractivity contribution in [3.63, 3.8) is 0 Å². The highest BCUT2D eigenvalue weighted by atomic mass is 32.1. The Kier molecular flexibility index (Phi) is 19.3. The molecule has 12 aromatic carbocycles. The summed E-state index contributed by atoms with van der Waals surface area (Å²) in [4.78, 5) is 0. The van der Waals surface area contributed by atoms with Gasteiger partial charge in [-0.15, -0.1) is 45.3 Å². The SMILES string of the molecule is C.C.C.C.Cc1ccc(-c2c3sc4ccc5ccccc5c4c3c(C)c[n+]2C)c(C)c1.Cc1ccc2c(ccc3sc4c(-c5ccccc5C)[n+](C)ccc4c32)c1.Cc1ccccc1-c1c2sc3ccc4ccccc4c3c2cc[n+]1C.[2H]C([2H])([2H])c1ccc(-c2c3sc4ccc5ccccc5c4c3c(C([2H])([2H])[2H])c[n+]2C)c(C)c1. The highest BCUT2D eigenvalue weighted by molar-refractivity contribution is 7.27. The molecule has 0 aliphatic carbocycles. The van der Waals surface area contributed by atoms with E-state index in [4.69, 9.17) is 8.22 Å². The van der Waals surface area contributed by atoms with E-state index in [9.17, 15) is 0 Å². The van der Waals surface area contributed by atoms with Gasteiger partial charge in [0.05, 0.1) is 22.3 Å². The summed E-state index contributed by atoms with van der Waals surface area (Å²) in [6.07, 6.45) is 8.38. The first-order chi connectivity index (χ1) is 53.4. The molecule has 0 aliphatic rings. The van der Waals surface area contributed by atoms with Crippen molar-refractivity contribution in [1.29, 1.82) is 0 Å². The number of rotatable bonds is 4. The zero-order chi connectivity index (χ0) is 77.2. The van der Waals surface area contributed by atoms with E-state index in [1.807, 2.05) is 82.9 Å². The molecule has 0 spiro atoms. The third-order valence-corrected chi connectivity index (χ3v) is 25.8. The number of benzene rings is 12. The summed E-state index contributed by atoms with van der Waals surface area (Å²) < 4.78 is 66.7. The Labute approximate surface area is 667 Å². The van der Waals surface area contributed by atoms with Crippen LogP contribution in [0, 0.1) is 62.2 Å². The quantitative estimate of drug-likeness (QED) is 0.156. The van der Waals surface area contributed by atoms with Crippen LogP contribution in [0.25, 0.3) is 169 Å². The second-order valence-electron chi connectivity index (χ2n) is 28.2. The van der Waals surface area contributed by atoms with E-state index in [0.29, 0.717) is 11.1 Å². The number of aromatic nitrogens is 4.